The van der Waals surface area contributed by atoms with Crippen LogP contribution >= 0.6 is 0 Å². The molecule has 1 aromatic carbocycles. The van der Waals surface area contributed by atoms with Crippen molar-refractivity contribution in [3.05, 3.63) is 42.1 Å². The highest BCUT2D eigenvalue weighted by Gasteiger charge is 2.46. The number of sulfonamides is 1. The first kappa shape index (κ1) is 34.0. The van der Waals surface area contributed by atoms with Gasteiger partial charge in [-0.25, -0.2) is 27.5 Å². The minimum Gasteiger partial charge on any atom is -0.451 e. The van der Waals surface area contributed by atoms with E-state index in [1.165, 1.54) is 24.5 Å². The van der Waals surface area contributed by atoms with Crippen LogP contribution in [0, 0.1) is 11.2 Å². The Hall–Kier alpha value is -2.91. The number of rotatable bonds is 11. The monoisotopic (exact) mass is 674 g/mol. The minimum atomic E-state index is -3.23. The summed E-state index contributed by atoms with van der Waals surface area (Å²) in [5.41, 5.74) is 0.305. The van der Waals surface area contributed by atoms with Crippen molar-refractivity contribution in [2.24, 2.45) is 5.41 Å². The number of carbonyl (C=O) groups excluding carboxylic acids is 1. The number of amides is 1. The van der Waals surface area contributed by atoms with Gasteiger partial charge in [0, 0.05) is 43.2 Å². The van der Waals surface area contributed by atoms with Gasteiger partial charge in [0.05, 0.1) is 36.3 Å². The lowest BCUT2D eigenvalue weighted by Crippen LogP contribution is -2.61. The summed E-state index contributed by atoms with van der Waals surface area (Å²) in [5, 5.41) is 9.86. The number of nitrogens with one attached hydrogen (secondary N) is 1. The van der Waals surface area contributed by atoms with Crippen LogP contribution in [0.1, 0.15) is 69.7 Å². The summed E-state index contributed by atoms with van der Waals surface area (Å²) in [7, 11) is -3.23. The Kier molecular flexibility index (Phi) is 10.1. The Balaban J connectivity index is 1.04. The number of likely N-dealkylation sites (tertiary alicyclic amines) is 1. The van der Waals surface area contributed by atoms with Crippen molar-refractivity contribution < 1.29 is 32.2 Å². The fourth-order valence-electron chi connectivity index (χ4n) is 7.35. The number of aliphatic hydroxyl groups is 1. The van der Waals surface area contributed by atoms with Crippen molar-refractivity contribution in [1.82, 2.24) is 24.5 Å². The van der Waals surface area contributed by atoms with Gasteiger partial charge >= 0.3 is 0 Å². The van der Waals surface area contributed by atoms with E-state index in [1.807, 2.05) is 13.8 Å². The van der Waals surface area contributed by atoms with E-state index in [1.54, 1.807) is 18.0 Å². The van der Waals surface area contributed by atoms with Crippen LogP contribution in [0.25, 0.3) is 0 Å². The average molecular weight is 675 g/mol. The molecule has 0 unspecified atom stereocenters. The van der Waals surface area contributed by atoms with Crippen molar-refractivity contribution >= 4 is 21.7 Å². The second-order valence-corrected chi connectivity index (χ2v) is 16.0. The molecule has 1 saturated carbocycles. The molecule has 4 aliphatic rings. The zero-order valence-electron chi connectivity index (χ0n) is 27.5. The molecule has 0 bridgehead atoms. The number of halogens is 1. The smallest absolute Gasteiger partial charge is 0.258 e. The fraction of sp³-hybridized carbons (Fsp3) is 0.667. The van der Waals surface area contributed by atoms with E-state index in [4.69, 9.17) is 9.47 Å². The second-order valence-electron chi connectivity index (χ2n) is 13.9. The Bertz CT molecular complexity index is 1520. The summed E-state index contributed by atoms with van der Waals surface area (Å²) >= 11 is 0. The predicted octanol–water partition coefficient (Wildman–Crippen LogP) is 3.17. The van der Waals surface area contributed by atoms with Crippen LogP contribution in [0.5, 0.6) is 11.5 Å². The van der Waals surface area contributed by atoms with E-state index in [2.05, 4.69) is 24.5 Å². The van der Waals surface area contributed by atoms with Crippen molar-refractivity contribution in [2.45, 2.75) is 89.6 Å². The van der Waals surface area contributed by atoms with Gasteiger partial charge in [-0.15, -0.1) is 0 Å². The van der Waals surface area contributed by atoms with E-state index < -0.39 is 21.9 Å². The highest BCUT2D eigenvalue weighted by molar-refractivity contribution is 7.89. The Morgan fingerprint density at radius 3 is 2.60 bits per heavy atom. The molecule has 6 rings (SSSR count). The number of piperidine rings is 1. The maximum atomic E-state index is 14.5. The minimum absolute atomic E-state index is 0.0757. The normalized spacial score (nSPS) is 26.1. The summed E-state index contributed by atoms with van der Waals surface area (Å²) in [6, 6.07) is 3.57. The molecule has 4 heterocycles. The van der Waals surface area contributed by atoms with E-state index in [-0.39, 0.29) is 52.6 Å². The summed E-state index contributed by atoms with van der Waals surface area (Å²) in [4.78, 5) is 28.8. The molecule has 14 heteroatoms. The molecule has 0 radical (unpaired) electrons. The number of benzene rings is 1. The highest BCUT2D eigenvalue weighted by atomic mass is 32.2. The number of hydrogen-bond acceptors (Lipinski definition) is 10. The molecule has 1 aliphatic carbocycles. The molecule has 1 aromatic heterocycles. The summed E-state index contributed by atoms with van der Waals surface area (Å²) in [6.45, 7) is 10.3. The summed E-state index contributed by atoms with van der Waals surface area (Å²) in [6.07, 6.45) is 7.47. The molecule has 3 saturated heterocycles. The van der Waals surface area contributed by atoms with Crippen LogP contribution < -0.4 is 14.4 Å². The number of nitrogens with zero attached hydrogens (tertiary/aromatic N) is 5. The van der Waals surface area contributed by atoms with Crippen LogP contribution in [0.4, 0.5) is 10.2 Å². The molecule has 12 nitrogen and oxygen atoms in total. The van der Waals surface area contributed by atoms with Crippen molar-refractivity contribution in [1.29, 1.82) is 0 Å². The Morgan fingerprint density at radius 2 is 1.96 bits per heavy atom. The van der Waals surface area contributed by atoms with Gasteiger partial charge in [-0.2, -0.15) is 0 Å². The van der Waals surface area contributed by atoms with Crippen LogP contribution in [0.2, 0.25) is 0 Å². The van der Waals surface area contributed by atoms with Gasteiger partial charge < -0.3 is 29.3 Å². The molecule has 2 aromatic rings. The molecule has 4 fully saturated rings. The SMILES string of the molecule is CCS(=O)(=O)N[C@@H]1CC[C@@H](CN2CCC3(CC2)CN(c2ncncc2Oc2ccc(F)cc2C(=O)N(C(C)C)[C@H]2C[C@@H](O)C2)C3)OC1. The zero-order valence-corrected chi connectivity index (χ0v) is 28.3. The maximum Gasteiger partial charge on any atom is 0.258 e. The lowest BCUT2D eigenvalue weighted by molar-refractivity contribution is -0.0299. The second kappa shape index (κ2) is 13.9. The number of aromatic nitrogens is 2. The summed E-state index contributed by atoms with van der Waals surface area (Å²) < 4.78 is 53.3. The van der Waals surface area contributed by atoms with Crippen LogP contribution in [0.3, 0.4) is 0 Å². The zero-order chi connectivity index (χ0) is 33.3. The van der Waals surface area contributed by atoms with Crippen LogP contribution in [-0.4, -0.2) is 115 Å². The fourth-order valence-corrected chi connectivity index (χ4v) is 8.21. The standard InChI is InChI=1S/C33H47FN6O6S/c1-4-47(43,44)37-24-6-7-27(45-18-24)17-38-11-9-33(10-12-38)19-39(20-33)31-30(16-35-21-36-31)46-29-8-5-23(34)13-28(29)32(42)40(22(2)3)25-14-26(41)15-25/h5,8,13,16,21-22,24-27,37,41H,4,6-7,9-12,14-15,17-20H2,1-3H3/t24-,25-,26+,27+/m1/s1. The van der Waals surface area contributed by atoms with Gasteiger partial charge in [0.1, 0.15) is 17.9 Å². The molecule has 47 heavy (non-hydrogen) atoms. The van der Waals surface area contributed by atoms with E-state index in [0.29, 0.717) is 31.0 Å². The molecule has 3 aliphatic heterocycles. The lowest BCUT2D eigenvalue weighted by atomic mass is 9.72. The number of anilines is 1. The average Bonchev–Trinajstić information content (AvgIpc) is 3.01. The van der Waals surface area contributed by atoms with E-state index in [0.717, 1.165) is 58.4 Å². The molecular formula is C33H47FN6O6S. The highest BCUT2D eigenvalue weighted by Crippen LogP contribution is 2.45. The van der Waals surface area contributed by atoms with Gasteiger partial charge in [0.25, 0.3) is 5.91 Å². The third-order valence-electron chi connectivity index (χ3n) is 10.2. The van der Waals surface area contributed by atoms with Gasteiger partial charge in [-0.1, -0.05) is 0 Å². The number of carbonyl (C=O) groups is 1. The molecule has 2 N–H and O–H groups in total. The Morgan fingerprint density at radius 1 is 1.21 bits per heavy atom. The number of aliphatic hydroxyl groups excluding tert-OH is 1. The largest absolute Gasteiger partial charge is 0.451 e. The molecule has 2 atom stereocenters. The van der Waals surface area contributed by atoms with E-state index >= 15 is 0 Å². The van der Waals surface area contributed by atoms with Gasteiger partial charge in [-0.05, 0) is 90.6 Å². The quantitative estimate of drug-likeness (QED) is 0.366. The van der Waals surface area contributed by atoms with Crippen molar-refractivity contribution in [2.75, 3.05) is 50.0 Å². The third-order valence-corrected chi connectivity index (χ3v) is 11.6. The third kappa shape index (κ3) is 7.72. The van der Waals surface area contributed by atoms with Gasteiger partial charge in [-0.3, -0.25) is 4.79 Å². The van der Waals surface area contributed by atoms with Crippen molar-refractivity contribution in [3.63, 3.8) is 0 Å². The first-order chi connectivity index (χ1) is 22.4. The first-order valence-electron chi connectivity index (χ1n) is 16.8. The van der Waals surface area contributed by atoms with E-state index in [9.17, 15) is 22.7 Å². The molecule has 258 valence electrons. The molecular weight excluding hydrogens is 627 g/mol. The molecule has 1 amide bonds. The maximum absolute atomic E-state index is 14.5. The van der Waals surface area contributed by atoms with Crippen LogP contribution in [0.15, 0.2) is 30.7 Å². The number of hydrogen-bond donors (Lipinski definition) is 2. The molecule has 1 spiro atoms. The topological polar surface area (TPSA) is 137 Å². The van der Waals surface area contributed by atoms with Gasteiger partial charge in [0.15, 0.2) is 11.6 Å². The Labute approximate surface area is 276 Å². The predicted molar refractivity (Wildman–Crippen MR) is 175 cm³/mol. The number of ether oxygens (including phenoxy) is 2. The van der Waals surface area contributed by atoms with Crippen LogP contribution in [-0.2, 0) is 14.8 Å². The van der Waals surface area contributed by atoms with Gasteiger partial charge in [0.2, 0.25) is 10.0 Å². The van der Waals surface area contributed by atoms with Crippen molar-refractivity contribution in [3.8, 4) is 11.5 Å². The summed E-state index contributed by atoms with van der Waals surface area (Å²) in [5.74, 6) is 0.496. The lowest BCUT2D eigenvalue weighted by Gasteiger charge is -2.54. The first-order valence-corrected chi connectivity index (χ1v) is 18.5.